The normalized spacial score (nSPS) is 13.3. The largest absolute Gasteiger partial charge is 0.394 e. The third-order valence-electron chi connectivity index (χ3n) is 3.76. The van der Waals surface area contributed by atoms with Crippen LogP contribution in [-0.2, 0) is 4.74 Å². The van der Waals surface area contributed by atoms with Crippen LogP contribution in [0.25, 0.3) is 0 Å². The highest BCUT2D eigenvalue weighted by Gasteiger charge is 2.00. The summed E-state index contributed by atoms with van der Waals surface area (Å²) in [5.41, 5.74) is 0. The Labute approximate surface area is 143 Å². The van der Waals surface area contributed by atoms with Crippen molar-refractivity contribution in [2.75, 3.05) is 19.8 Å². The predicted octanol–water partition coefficient (Wildman–Crippen LogP) is 4.78. The standard InChI is InChI=1S/C20H38O3/c1-2-3-4-5-6-7-8-9-10-11-12-13-14-15-16-17-23-19-20(22)18-21/h6-7,9-10,20-22H,2-5,8,11-19H2,1H3. The van der Waals surface area contributed by atoms with Gasteiger partial charge in [0.25, 0.3) is 0 Å². The highest BCUT2D eigenvalue weighted by Crippen LogP contribution is 2.07. The summed E-state index contributed by atoms with van der Waals surface area (Å²) in [5.74, 6) is 0. The molecule has 1 unspecified atom stereocenters. The van der Waals surface area contributed by atoms with Crippen LogP contribution in [-0.4, -0.2) is 36.1 Å². The second kappa shape index (κ2) is 19.4. The lowest BCUT2D eigenvalue weighted by Crippen LogP contribution is -2.19. The summed E-state index contributed by atoms with van der Waals surface area (Å²) in [6, 6.07) is 0. The zero-order chi connectivity index (χ0) is 17.0. The number of aliphatic hydroxyl groups is 2. The van der Waals surface area contributed by atoms with Crippen molar-refractivity contribution in [2.24, 2.45) is 0 Å². The first-order valence-corrected chi connectivity index (χ1v) is 9.48. The van der Waals surface area contributed by atoms with Gasteiger partial charge in [0.1, 0.15) is 6.10 Å². The van der Waals surface area contributed by atoms with E-state index in [1.807, 2.05) is 0 Å². The minimum Gasteiger partial charge on any atom is -0.394 e. The maximum absolute atomic E-state index is 9.10. The van der Waals surface area contributed by atoms with Crippen molar-refractivity contribution in [3.63, 3.8) is 0 Å². The van der Waals surface area contributed by atoms with Gasteiger partial charge >= 0.3 is 0 Å². The van der Waals surface area contributed by atoms with Crippen molar-refractivity contribution in [1.82, 2.24) is 0 Å². The molecule has 0 rings (SSSR count). The summed E-state index contributed by atoms with van der Waals surface area (Å²) in [6.07, 6.45) is 21.9. The van der Waals surface area contributed by atoms with Crippen molar-refractivity contribution in [1.29, 1.82) is 0 Å². The van der Waals surface area contributed by atoms with Crippen LogP contribution in [0.4, 0.5) is 0 Å². The Morgan fingerprint density at radius 3 is 2.09 bits per heavy atom. The predicted molar refractivity (Wildman–Crippen MR) is 98.7 cm³/mol. The van der Waals surface area contributed by atoms with Gasteiger partial charge in [0, 0.05) is 6.61 Å². The van der Waals surface area contributed by atoms with Crippen LogP contribution in [0.5, 0.6) is 0 Å². The highest BCUT2D eigenvalue weighted by atomic mass is 16.5. The van der Waals surface area contributed by atoms with Crippen LogP contribution in [0.1, 0.15) is 77.6 Å². The molecule has 0 amide bonds. The molecule has 0 heterocycles. The molecule has 0 fully saturated rings. The molecule has 0 saturated carbocycles. The molecule has 0 aromatic rings. The summed E-state index contributed by atoms with van der Waals surface area (Å²) in [4.78, 5) is 0. The van der Waals surface area contributed by atoms with Crippen LogP contribution in [0.15, 0.2) is 24.3 Å². The van der Waals surface area contributed by atoms with Gasteiger partial charge in [-0.3, -0.25) is 0 Å². The van der Waals surface area contributed by atoms with Crippen LogP contribution < -0.4 is 0 Å². The van der Waals surface area contributed by atoms with E-state index in [1.54, 1.807) is 0 Å². The Morgan fingerprint density at radius 2 is 1.43 bits per heavy atom. The lowest BCUT2D eigenvalue weighted by Gasteiger charge is -2.07. The summed E-state index contributed by atoms with van der Waals surface area (Å²) < 4.78 is 5.27. The maximum Gasteiger partial charge on any atom is 0.100 e. The summed E-state index contributed by atoms with van der Waals surface area (Å²) in [6.45, 7) is 2.95. The van der Waals surface area contributed by atoms with Gasteiger partial charge in [-0.15, -0.1) is 0 Å². The maximum atomic E-state index is 9.10. The molecule has 0 aliphatic rings. The zero-order valence-corrected chi connectivity index (χ0v) is 15.1. The molecule has 0 bridgehead atoms. The Hall–Kier alpha value is -0.640. The lowest BCUT2D eigenvalue weighted by molar-refractivity contribution is 0.00526. The Morgan fingerprint density at radius 1 is 0.826 bits per heavy atom. The van der Waals surface area contributed by atoms with Gasteiger partial charge in [0.2, 0.25) is 0 Å². The Balaban J connectivity index is 3.16. The average molecular weight is 327 g/mol. The summed E-state index contributed by atoms with van der Waals surface area (Å²) >= 11 is 0. The molecule has 0 spiro atoms. The van der Waals surface area contributed by atoms with E-state index < -0.39 is 6.10 Å². The van der Waals surface area contributed by atoms with E-state index >= 15 is 0 Å². The molecule has 3 nitrogen and oxygen atoms in total. The topological polar surface area (TPSA) is 49.7 Å². The van der Waals surface area contributed by atoms with Crippen LogP contribution in [0.3, 0.4) is 0 Å². The molecule has 23 heavy (non-hydrogen) atoms. The first-order chi connectivity index (χ1) is 11.3. The fourth-order valence-corrected chi connectivity index (χ4v) is 2.29. The number of hydrogen-bond acceptors (Lipinski definition) is 3. The molecule has 3 heteroatoms. The molecule has 0 aromatic carbocycles. The monoisotopic (exact) mass is 326 g/mol. The highest BCUT2D eigenvalue weighted by molar-refractivity contribution is 4.92. The zero-order valence-electron chi connectivity index (χ0n) is 15.1. The van der Waals surface area contributed by atoms with Gasteiger partial charge in [0.05, 0.1) is 13.2 Å². The third-order valence-corrected chi connectivity index (χ3v) is 3.76. The number of aliphatic hydroxyl groups excluding tert-OH is 2. The molecule has 0 aliphatic carbocycles. The molecular weight excluding hydrogens is 288 g/mol. The minimum absolute atomic E-state index is 0.220. The van der Waals surface area contributed by atoms with Crippen molar-refractivity contribution in [3.05, 3.63) is 24.3 Å². The summed E-state index contributed by atoms with van der Waals surface area (Å²) in [7, 11) is 0. The van der Waals surface area contributed by atoms with Crippen LogP contribution >= 0.6 is 0 Å². The number of allylic oxidation sites excluding steroid dienone is 4. The van der Waals surface area contributed by atoms with E-state index in [2.05, 4.69) is 31.2 Å². The molecule has 2 N–H and O–H groups in total. The van der Waals surface area contributed by atoms with Gasteiger partial charge in [-0.2, -0.15) is 0 Å². The second-order valence-corrected chi connectivity index (χ2v) is 6.14. The first-order valence-electron chi connectivity index (χ1n) is 9.48. The third kappa shape index (κ3) is 19.3. The van der Waals surface area contributed by atoms with Crippen molar-refractivity contribution in [3.8, 4) is 0 Å². The molecule has 0 aliphatic heterocycles. The molecule has 0 saturated heterocycles. The average Bonchev–Trinajstić information content (AvgIpc) is 2.57. The number of unbranched alkanes of at least 4 members (excludes halogenated alkanes) is 8. The number of hydrogen-bond donors (Lipinski definition) is 2. The van der Waals surface area contributed by atoms with Crippen LogP contribution in [0.2, 0.25) is 0 Å². The quantitative estimate of drug-likeness (QED) is 0.299. The molecule has 136 valence electrons. The Kier molecular flexibility index (Phi) is 18.9. The van der Waals surface area contributed by atoms with Crippen molar-refractivity contribution in [2.45, 2.75) is 83.7 Å². The van der Waals surface area contributed by atoms with E-state index in [1.165, 1.54) is 57.8 Å². The van der Waals surface area contributed by atoms with E-state index in [9.17, 15) is 0 Å². The molecular formula is C20H38O3. The van der Waals surface area contributed by atoms with Gasteiger partial charge in [-0.1, -0.05) is 63.3 Å². The van der Waals surface area contributed by atoms with Crippen molar-refractivity contribution < 1.29 is 14.9 Å². The van der Waals surface area contributed by atoms with E-state index in [0.717, 1.165) is 12.8 Å². The smallest absolute Gasteiger partial charge is 0.100 e. The fraction of sp³-hybridized carbons (Fsp3) is 0.800. The van der Waals surface area contributed by atoms with Gasteiger partial charge in [0.15, 0.2) is 0 Å². The number of ether oxygens (including phenoxy) is 1. The SMILES string of the molecule is CCCCCC=CCC=CCCCCCCCOCC(O)CO. The molecule has 0 radical (unpaired) electrons. The van der Waals surface area contributed by atoms with Crippen molar-refractivity contribution >= 4 is 0 Å². The van der Waals surface area contributed by atoms with E-state index in [-0.39, 0.29) is 13.2 Å². The summed E-state index contributed by atoms with van der Waals surface area (Å²) in [5, 5.41) is 17.7. The lowest BCUT2D eigenvalue weighted by atomic mass is 10.1. The van der Waals surface area contributed by atoms with E-state index in [4.69, 9.17) is 14.9 Å². The van der Waals surface area contributed by atoms with E-state index in [0.29, 0.717) is 6.61 Å². The minimum atomic E-state index is -0.729. The van der Waals surface area contributed by atoms with Gasteiger partial charge in [-0.25, -0.2) is 0 Å². The van der Waals surface area contributed by atoms with Gasteiger partial charge < -0.3 is 14.9 Å². The van der Waals surface area contributed by atoms with Crippen LogP contribution in [0, 0.1) is 0 Å². The first kappa shape index (κ1) is 22.4. The number of rotatable bonds is 17. The molecule has 0 aromatic heterocycles. The van der Waals surface area contributed by atoms with Gasteiger partial charge in [-0.05, 0) is 38.5 Å². The fourth-order valence-electron chi connectivity index (χ4n) is 2.29. The molecule has 1 atom stereocenters. The Bertz CT molecular complexity index is 274. The second-order valence-electron chi connectivity index (χ2n) is 6.14.